The molecule has 0 atom stereocenters. The lowest BCUT2D eigenvalue weighted by atomic mass is 10.0. The van der Waals surface area contributed by atoms with Crippen LogP contribution in [0, 0.1) is 0 Å². The van der Waals surface area contributed by atoms with E-state index in [1.165, 1.54) is 42.4 Å². The van der Waals surface area contributed by atoms with Gasteiger partial charge in [-0.2, -0.15) is 0 Å². The van der Waals surface area contributed by atoms with Crippen LogP contribution >= 0.6 is 11.6 Å². The van der Waals surface area contributed by atoms with E-state index >= 15 is 0 Å². The maximum Gasteiger partial charge on any atom is 0.0983 e. The number of hydrogen-bond donors (Lipinski definition) is 0. The summed E-state index contributed by atoms with van der Waals surface area (Å²) >= 11 is 5.91. The summed E-state index contributed by atoms with van der Waals surface area (Å²) in [6.45, 7) is 2.23. The highest BCUT2D eigenvalue weighted by Crippen LogP contribution is 2.27. The van der Waals surface area contributed by atoms with Gasteiger partial charge in [0.05, 0.1) is 12.5 Å². The molecule has 0 unspecified atom stereocenters. The minimum atomic E-state index is 0.770. The molecule has 96 valence electrons. The maximum absolute atomic E-state index is 5.91. The highest BCUT2D eigenvalue weighted by Gasteiger charge is 2.07. The highest BCUT2D eigenvalue weighted by molar-refractivity contribution is 6.30. The normalized spacial score (nSPS) is 10.8. The van der Waals surface area contributed by atoms with Crippen LogP contribution < -0.4 is 0 Å². The van der Waals surface area contributed by atoms with E-state index < -0.39 is 0 Å². The van der Waals surface area contributed by atoms with E-state index in [9.17, 15) is 0 Å². The van der Waals surface area contributed by atoms with Gasteiger partial charge in [-0.1, -0.05) is 49.9 Å². The van der Waals surface area contributed by atoms with Crippen LogP contribution in [0.1, 0.15) is 38.2 Å². The molecule has 2 rings (SSSR count). The Kier molecular flexibility index (Phi) is 4.89. The minimum Gasteiger partial charge on any atom is -0.472 e. The first-order valence-electron chi connectivity index (χ1n) is 6.62. The topological polar surface area (TPSA) is 13.1 Å². The monoisotopic (exact) mass is 262 g/mol. The van der Waals surface area contributed by atoms with E-state index in [0.29, 0.717) is 0 Å². The fourth-order valence-corrected chi connectivity index (χ4v) is 2.27. The molecule has 1 aromatic carbocycles. The second-order valence-electron chi connectivity index (χ2n) is 4.63. The van der Waals surface area contributed by atoms with Gasteiger partial charge in [-0.05, 0) is 36.1 Å². The molecular formula is C16H19ClO. The first kappa shape index (κ1) is 13.2. The number of rotatable bonds is 6. The van der Waals surface area contributed by atoms with E-state index in [1.807, 2.05) is 36.8 Å². The molecule has 0 aliphatic carbocycles. The number of benzene rings is 1. The Hall–Kier alpha value is -1.21. The second kappa shape index (κ2) is 6.65. The first-order valence-corrected chi connectivity index (χ1v) is 7.00. The van der Waals surface area contributed by atoms with Gasteiger partial charge < -0.3 is 4.42 Å². The summed E-state index contributed by atoms with van der Waals surface area (Å²) in [7, 11) is 0. The molecule has 0 spiro atoms. The van der Waals surface area contributed by atoms with Crippen molar-refractivity contribution in [2.24, 2.45) is 0 Å². The summed E-state index contributed by atoms with van der Waals surface area (Å²) in [5.74, 6) is 0. The zero-order valence-electron chi connectivity index (χ0n) is 10.8. The third-order valence-corrected chi connectivity index (χ3v) is 3.45. The SMILES string of the molecule is CCCCCCc1cocc1-c1ccc(Cl)cc1. The average Bonchev–Trinajstić information content (AvgIpc) is 2.84. The number of furan rings is 1. The van der Waals surface area contributed by atoms with E-state index in [-0.39, 0.29) is 0 Å². The third kappa shape index (κ3) is 3.39. The van der Waals surface area contributed by atoms with E-state index in [1.54, 1.807) is 0 Å². The molecule has 2 aromatic rings. The Labute approximate surface area is 114 Å². The standard InChI is InChI=1S/C16H19ClO/c1-2-3-4-5-6-14-11-18-12-16(14)13-7-9-15(17)10-8-13/h7-12H,2-6H2,1H3. The highest BCUT2D eigenvalue weighted by atomic mass is 35.5. The zero-order chi connectivity index (χ0) is 12.8. The molecule has 2 heteroatoms. The summed E-state index contributed by atoms with van der Waals surface area (Å²) in [4.78, 5) is 0. The van der Waals surface area contributed by atoms with Crippen molar-refractivity contribution < 1.29 is 4.42 Å². The molecule has 0 aliphatic heterocycles. The largest absolute Gasteiger partial charge is 0.472 e. The van der Waals surface area contributed by atoms with Gasteiger partial charge in [0, 0.05) is 10.6 Å². The molecule has 0 bridgehead atoms. The van der Waals surface area contributed by atoms with Crippen LogP contribution in [-0.2, 0) is 6.42 Å². The summed E-state index contributed by atoms with van der Waals surface area (Å²) in [6, 6.07) is 7.93. The van der Waals surface area contributed by atoms with Crippen molar-refractivity contribution in [1.82, 2.24) is 0 Å². The van der Waals surface area contributed by atoms with E-state index in [4.69, 9.17) is 16.0 Å². The van der Waals surface area contributed by atoms with Crippen molar-refractivity contribution in [3.63, 3.8) is 0 Å². The van der Waals surface area contributed by atoms with Crippen LogP contribution in [0.15, 0.2) is 41.2 Å². The van der Waals surface area contributed by atoms with E-state index in [2.05, 4.69) is 6.92 Å². The molecule has 0 N–H and O–H groups in total. The smallest absolute Gasteiger partial charge is 0.0983 e. The Bertz CT molecular complexity index is 470. The molecule has 0 aliphatic rings. The second-order valence-corrected chi connectivity index (χ2v) is 5.06. The third-order valence-electron chi connectivity index (χ3n) is 3.20. The van der Waals surface area contributed by atoms with Crippen molar-refractivity contribution in [2.75, 3.05) is 0 Å². The quantitative estimate of drug-likeness (QED) is 0.607. The molecular weight excluding hydrogens is 244 g/mol. The lowest BCUT2D eigenvalue weighted by Gasteiger charge is -2.03. The Morgan fingerprint density at radius 2 is 1.78 bits per heavy atom. The predicted molar refractivity (Wildman–Crippen MR) is 77.0 cm³/mol. The molecule has 1 nitrogen and oxygen atoms in total. The van der Waals surface area contributed by atoms with Gasteiger partial charge in [-0.15, -0.1) is 0 Å². The fraction of sp³-hybridized carbons (Fsp3) is 0.375. The Morgan fingerprint density at radius 3 is 2.50 bits per heavy atom. The van der Waals surface area contributed by atoms with Crippen LogP contribution in [0.4, 0.5) is 0 Å². The molecule has 1 aromatic heterocycles. The Morgan fingerprint density at radius 1 is 1.00 bits per heavy atom. The molecule has 0 amide bonds. The summed E-state index contributed by atoms with van der Waals surface area (Å²) in [5.41, 5.74) is 3.68. The van der Waals surface area contributed by atoms with Crippen LogP contribution in [-0.4, -0.2) is 0 Å². The molecule has 1 heterocycles. The van der Waals surface area contributed by atoms with Crippen molar-refractivity contribution in [3.05, 3.63) is 47.4 Å². The maximum atomic E-state index is 5.91. The number of halogens is 1. The number of aryl methyl sites for hydroxylation is 1. The molecule has 0 saturated heterocycles. The summed E-state index contributed by atoms with van der Waals surface area (Å²) in [5, 5.41) is 0.770. The minimum absolute atomic E-state index is 0.770. The van der Waals surface area contributed by atoms with Gasteiger partial charge in [-0.25, -0.2) is 0 Å². The van der Waals surface area contributed by atoms with Crippen LogP contribution in [0.3, 0.4) is 0 Å². The number of hydrogen-bond acceptors (Lipinski definition) is 1. The van der Waals surface area contributed by atoms with Gasteiger partial charge in [0.15, 0.2) is 0 Å². The van der Waals surface area contributed by atoms with Gasteiger partial charge in [0.25, 0.3) is 0 Å². The molecule has 0 radical (unpaired) electrons. The summed E-state index contributed by atoms with van der Waals surface area (Å²) < 4.78 is 5.35. The fourth-order valence-electron chi connectivity index (χ4n) is 2.14. The zero-order valence-corrected chi connectivity index (χ0v) is 11.5. The predicted octanol–water partition coefficient (Wildman–Crippen LogP) is 5.72. The van der Waals surface area contributed by atoms with Crippen molar-refractivity contribution in [3.8, 4) is 11.1 Å². The van der Waals surface area contributed by atoms with Gasteiger partial charge in [-0.3, -0.25) is 0 Å². The van der Waals surface area contributed by atoms with E-state index in [0.717, 1.165) is 11.4 Å². The lowest BCUT2D eigenvalue weighted by molar-refractivity contribution is 0.562. The van der Waals surface area contributed by atoms with Crippen molar-refractivity contribution in [2.45, 2.75) is 39.0 Å². The van der Waals surface area contributed by atoms with Crippen LogP contribution in [0.2, 0.25) is 5.02 Å². The molecule has 0 saturated carbocycles. The van der Waals surface area contributed by atoms with Crippen LogP contribution in [0.25, 0.3) is 11.1 Å². The lowest BCUT2D eigenvalue weighted by Crippen LogP contribution is -1.86. The van der Waals surface area contributed by atoms with Gasteiger partial charge >= 0.3 is 0 Å². The van der Waals surface area contributed by atoms with Gasteiger partial charge in [0.1, 0.15) is 0 Å². The summed E-state index contributed by atoms with van der Waals surface area (Å²) in [6.07, 6.45) is 9.90. The van der Waals surface area contributed by atoms with Crippen molar-refractivity contribution in [1.29, 1.82) is 0 Å². The van der Waals surface area contributed by atoms with Gasteiger partial charge in [0.2, 0.25) is 0 Å². The average molecular weight is 263 g/mol. The molecule has 0 fully saturated rings. The van der Waals surface area contributed by atoms with Crippen LogP contribution in [0.5, 0.6) is 0 Å². The van der Waals surface area contributed by atoms with Crippen molar-refractivity contribution >= 4 is 11.6 Å². The first-order chi connectivity index (χ1) is 8.81. The molecule has 18 heavy (non-hydrogen) atoms. The Balaban J connectivity index is 2.05. The number of unbranched alkanes of at least 4 members (excludes halogenated alkanes) is 3.